The minimum absolute atomic E-state index is 0.179. The summed E-state index contributed by atoms with van der Waals surface area (Å²) in [7, 11) is 0. The van der Waals surface area contributed by atoms with Gasteiger partial charge in [-0.15, -0.1) is 0 Å². The van der Waals surface area contributed by atoms with Gasteiger partial charge in [0.25, 0.3) is 5.91 Å². The van der Waals surface area contributed by atoms with Gasteiger partial charge in [0, 0.05) is 10.0 Å². The maximum atomic E-state index is 12.2. The second-order valence-electron chi connectivity index (χ2n) is 5.36. The van der Waals surface area contributed by atoms with Crippen LogP contribution in [0.5, 0.6) is 5.75 Å². The van der Waals surface area contributed by atoms with Gasteiger partial charge in [-0.2, -0.15) is 10.2 Å². The Balaban J connectivity index is 1.70. The van der Waals surface area contributed by atoms with Gasteiger partial charge in [0.1, 0.15) is 11.4 Å². The smallest absolute Gasteiger partial charge is 0.289 e. The maximum Gasteiger partial charge on any atom is 0.289 e. The van der Waals surface area contributed by atoms with Crippen molar-refractivity contribution in [1.82, 2.24) is 15.6 Å². The van der Waals surface area contributed by atoms with E-state index in [1.807, 2.05) is 24.3 Å². The summed E-state index contributed by atoms with van der Waals surface area (Å²) in [6, 6.07) is 15.9. The number of aromatic nitrogens is 2. The largest absolute Gasteiger partial charge is 0.508 e. The Hall–Kier alpha value is -2.93. The molecule has 3 aromatic rings. The molecule has 6 nitrogen and oxygen atoms in total. The van der Waals surface area contributed by atoms with Crippen molar-refractivity contribution in [3.8, 4) is 17.0 Å². The molecule has 0 aliphatic heterocycles. The molecule has 25 heavy (non-hydrogen) atoms. The highest BCUT2D eigenvalue weighted by molar-refractivity contribution is 9.10. The van der Waals surface area contributed by atoms with E-state index in [1.165, 1.54) is 0 Å². The van der Waals surface area contributed by atoms with Crippen molar-refractivity contribution >= 4 is 27.5 Å². The average molecular weight is 399 g/mol. The Bertz CT molecular complexity index is 915. The number of phenols is 1. The molecule has 126 valence electrons. The summed E-state index contributed by atoms with van der Waals surface area (Å²) in [4.78, 5) is 12.2. The van der Waals surface area contributed by atoms with Gasteiger partial charge in [-0.1, -0.05) is 28.1 Å². The molecule has 3 N–H and O–H groups in total. The number of aromatic amines is 1. The number of hydrazone groups is 1. The van der Waals surface area contributed by atoms with Crippen molar-refractivity contribution in [3.63, 3.8) is 0 Å². The van der Waals surface area contributed by atoms with Gasteiger partial charge >= 0.3 is 0 Å². The molecular weight excluding hydrogens is 384 g/mol. The number of aromatic hydroxyl groups is 1. The van der Waals surface area contributed by atoms with E-state index < -0.39 is 0 Å². The van der Waals surface area contributed by atoms with E-state index in [0.717, 1.165) is 15.6 Å². The molecule has 0 radical (unpaired) electrons. The van der Waals surface area contributed by atoms with Crippen LogP contribution in [-0.2, 0) is 0 Å². The third-order valence-electron chi connectivity index (χ3n) is 3.57. The molecule has 0 spiro atoms. The van der Waals surface area contributed by atoms with Crippen LogP contribution in [0.2, 0.25) is 0 Å². The lowest BCUT2D eigenvalue weighted by Crippen LogP contribution is -2.19. The molecule has 0 bridgehead atoms. The zero-order valence-electron chi connectivity index (χ0n) is 13.3. The van der Waals surface area contributed by atoms with E-state index in [0.29, 0.717) is 17.1 Å². The summed E-state index contributed by atoms with van der Waals surface area (Å²) in [5, 5.41) is 20.2. The van der Waals surface area contributed by atoms with E-state index in [-0.39, 0.29) is 11.7 Å². The van der Waals surface area contributed by atoms with Crippen molar-refractivity contribution in [2.75, 3.05) is 0 Å². The first-order chi connectivity index (χ1) is 12.0. The number of rotatable bonds is 4. The Morgan fingerprint density at radius 1 is 1.16 bits per heavy atom. The molecule has 0 saturated carbocycles. The van der Waals surface area contributed by atoms with E-state index in [2.05, 4.69) is 36.7 Å². The Labute approximate surface area is 152 Å². The van der Waals surface area contributed by atoms with Crippen molar-refractivity contribution in [2.45, 2.75) is 6.92 Å². The number of phenolic OH excluding ortho intramolecular Hbond substituents is 1. The summed E-state index contributed by atoms with van der Waals surface area (Å²) in [5.41, 5.74) is 5.83. The number of benzene rings is 2. The number of nitrogens with one attached hydrogen (secondary N) is 2. The number of hydrogen-bond donors (Lipinski definition) is 3. The zero-order chi connectivity index (χ0) is 17.8. The van der Waals surface area contributed by atoms with E-state index in [9.17, 15) is 9.90 Å². The molecule has 2 aromatic carbocycles. The predicted molar refractivity (Wildman–Crippen MR) is 99.5 cm³/mol. The van der Waals surface area contributed by atoms with Crippen molar-refractivity contribution < 1.29 is 9.90 Å². The predicted octanol–water partition coefficient (Wildman–Crippen LogP) is 3.70. The van der Waals surface area contributed by atoms with Crippen LogP contribution in [0.1, 0.15) is 23.0 Å². The van der Waals surface area contributed by atoms with Crippen LogP contribution in [0.4, 0.5) is 0 Å². The minimum atomic E-state index is -0.381. The monoisotopic (exact) mass is 398 g/mol. The molecule has 0 unspecified atom stereocenters. The first-order valence-corrected chi connectivity index (χ1v) is 8.27. The highest BCUT2D eigenvalue weighted by atomic mass is 79.9. The van der Waals surface area contributed by atoms with Crippen LogP contribution in [0.15, 0.2) is 64.2 Å². The third kappa shape index (κ3) is 4.13. The molecule has 0 aliphatic carbocycles. The number of halogens is 1. The van der Waals surface area contributed by atoms with Gasteiger partial charge in [-0.25, -0.2) is 5.43 Å². The first kappa shape index (κ1) is 16.9. The third-order valence-corrected chi connectivity index (χ3v) is 4.10. The molecule has 0 fully saturated rings. The van der Waals surface area contributed by atoms with Crippen LogP contribution < -0.4 is 5.43 Å². The fraction of sp³-hybridized carbons (Fsp3) is 0.0556. The molecule has 1 aromatic heterocycles. The molecule has 0 aliphatic rings. The summed E-state index contributed by atoms with van der Waals surface area (Å²) in [6.07, 6.45) is 0. The van der Waals surface area contributed by atoms with Crippen molar-refractivity contribution in [1.29, 1.82) is 0 Å². The van der Waals surface area contributed by atoms with Crippen LogP contribution in [0.25, 0.3) is 11.3 Å². The molecular formula is C18H15BrN4O2. The lowest BCUT2D eigenvalue weighted by molar-refractivity contribution is 0.0950. The van der Waals surface area contributed by atoms with Gasteiger partial charge in [-0.3, -0.25) is 9.89 Å². The van der Waals surface area contributed by atoms with E-state index >= 15 is 0 Å². The normalized spacial score (nSPS) is 11.4. The summed E-state index contributed by atoms with van der Waals surface area (Å²) in [5.74, 6) is -0.201. The average Bonchev–Trinajstić information content (AvgIpc) is 3.11. The lowest BCUT2D eigenvalue weighted by Gasteiger charge is -2.02. The standard InChI is InChI=1S/C18H15BrN4O2/c1-11(12-4-8-15(24)9-5-12)20-23-18(25)17-10-16(21-22-17)13-2-6-14(19)7-3-13/h2-10,24H,1H3,(H,21,22)(H,23,25)/b20-11+. The van der Waals surface area contributed by atoms with Crippen LogP contribution in [0, 0.1) is 0 Å². The van der Waals surface area contributed by atoms with Crippen molar-refractivity contribution in [2.24, 2.45) is 5.10 Å². The highest BCUT2D eigenvalue weighted by Gasteiger charge is 2.11. The molecule has 1 heterocycles. The maximum absolute atomic E-state index is 12.2. The van der Waals surface area contributed by atoms with Crippen LogP contribution in [0.3, 0.4) is 0 Å². The van der Waals surface area contributed by atoms with Gasteiger partial charge in [0.2, 0.25) is 0 Å². The Morgan fingerprint density at radius 2 is 1.84 bits per heavy atom. The summed E-state index contributed by atoms with van der Waals surface area (Å²) >= 11 is 3.38. The molecule has 3 rings (SSSR count). The fourth-order valence-electron chi connectivity index (χ4n) is 2.17. The van der Waals surface area contributed by atoms with E-state index in [4.69, 9.17) is 0 Å². The number of amides is 1. The molecule has 1 amide bonds. The summed E-state index contributed by atoms with van der Waals surface area (Å²) in [6.45, 7) is 1.77. The fourth-order valence-corrected chi connectivity index (χ4v) is 2.43. The van der Waals surface area contributed by atoms with Gasteiger partial charge in [0.15, 0.2) is 0 Å². The second-order valence-corrected chi connectivity index (χ2v) is 6.27. The number of hydrogen-bond acceptors (Lipinski definition) is 4. The molecule has 0 atom stereocenters. The van der Waals surface area contributed by atoms with Crippen LogP contribution >= 0.6 is 15.9 Å². The number of carbonyl (C=O) groups excluding carboxylic acids is 1. The minimum Gasteiger partial charge on any atom is -0.508 e. The Morgan fingerprint density at radius 3 is 2.52 bits per heavy atom. The van der Waals surface area contributed by atoms with Crippen molar-refractivity contribution in [3.05, 3.63) is 70.3 Å². The van der Waals surface area contributed by atoms with Crippen LogP contribution in [-0.4, -0.2) is 26.9 Å². The molecule has 7 heteroatoms. The topological polar surface area (TPSA) is 90.4 Å². The lowest BCUT2D eigenvalue weighted by atomic mass is 10.1. The SMILES string of the molecule is C/C(=N\NC(=O)c1cc(-c2ccc(Br)cc2)n[nH]1)c1ccc(O)cc1. The number of H-pyrrole nitrogens is 1. The van der Waals surface area contributed by atoms with E-state index in [1.54, 1.807) is 37.3 Å². The number of nitrogens with zero attached hydrogens (tertiary/aromatic N) is 2. The summed E-state index contributed by atoms with van der Waals surface area (Å²) < 4.78 is 0.976. The first-order valence-electron chi connectivity index (χ1n) is 7.48. The zero-order valence-corrected chi connectivity index (χ0v) is 14.9. The quantitative estimate of drug-likeness (QED) is 0.462. The number of carbonyl (C=O) groups is 1. The highest BCUT2D eigenvalue weighted by Crippen LogP contribution is 2.20. The Kier molecular flexibility index (Phi) is 4.95. The van der Waals surface area contributed by atoms with Gasteiger partial charge in [-0.05, 0) is 55.0 Å². The van der Waals surface area contributed by atoms with Gasteiger partial charge < -0.3 is 5.11 Å². The van der Waals surface area contributed by atoms with Gasteiger partial charge in [0.05, 0.1) is 11.4 Å². The molecule has 0 saturated heterocycles. The second kappa shape index (κ2) is 7.31.